The predicted molar refractivity (Wildman–Crippen MR) is 97.4 cm³/mol. The summed E-state index contributed by atoms with van der Waals surface area (Å²) in [7, 11) is 3.20. The molecule has 0 unspecified atom stereocenters. The summed E-state index contributed by atoms with van der Waals surface area (Å²) in [6.45, 7) is 3.05. The quantitative estimate of drug-likeness (QED) is 0.710. The number of aliphatic hydroxyl groups excluding tert-OH is 1. The number of benzene rings is 2. The minimum atomic E-state index is -0.462. The fraction of sp³-hybridized carbons (Fsp3) is 0.350. The van der Waals surface area contributed by atoms with Gasteiger partial charge in [-0.1, -0.05) is 19.1 Å². The fourth-order valence-corrected chi connectivity index (χ4v) is 2.83. The molecule has 2 rings (SSSR count). The molecule has 0 fully saturated rings. The Morgan fingerprint density at radius 2 is 1.52 bits per heavy atom. The van der Waals surface area contributed by atoms with Crippen LogP contribution < -0.4 is 9.47 Å². The molecule has 0 saturated heterocycles. The summed E-state index contributed by atoms with van der Waals surface area (Å²) in [4.78, 5) is 15.1. The Bertz CT molecular complexity index is 667. The Kier molecular flexibility index (Phi) is 6.98. The molecule has 0 aliphatic carbocycles. The minimum absolute atomic E-state index is 0.00358. The largest absolute Gasteiger partial charge is 0.497 e. The number of Topliss-reactive ketones (excluding diaryl/α,β-unsaturated/α-hetero) is 1. The molecule has 0 aliphatic heterocycles. The van der Waals surface area contributed by atoms with Gasteiger partial charge in [0.15, 0.2) is 5.78 Å². The molecule has 134 valence electrons. The number of likely N-dealkylation sites (N-methyl/N-ethyl adjacent to an activating group) is 1. The van der Waals surface area contributed by atoms with E-state index in [1.54, 1.807) is 38.5 Å². The third-order valence-electron chi connectivity index (χ3n) is 4.21. The van der Waals surface area contributed by atoms with Crippen molar-refractivity contribution in [1.29, 1.82) is 0 Å². The topological polar surface area (TPSA) is 59.0 Å². The maximum atomic E-state index is 13.2. The first-order chi connectivity index (χ1) is 12.1. The van der Waals surface area contributed by atoms with Crippen LogP contribution in [-0.2, 0) is 0 Å². The van der Waals surface area contributed by atoms with Crippen molar-refractivity contribution in [2.45, 2.75) is 13.0 Å². The molecule has 1 atom stereocenters. The van der Waals surface area contributed by atoms with Crippen LogP contribution in [0.15, 0.2) is 48.5 Å². The Morgan fingerprint density at radius 1 is 1.00 bits per heavy atom. The Balaban J connectivity index is 2.39. The summed E-state index contributed by atoms with van der Waals surface area (Å²) >= 11 is 0. The van der Waals surface area contributed by atoms with Gasteiger partial charge in [0, 0.05) is 12.1 Å². The van der Waals surface area contributed by atoms with Crippen molar-refractivity contribution < 1.29 is 19.4 Å². The Hall–Kier alpha value is -2.37. The summed E-state index contributed by atoms with van der Waals surface area (Å²) in [6.07, 6.45) is 0. The second kappa shape index (κ2) is 9.20. The van der Waals surface area contributed by atoms with Gasteiger partial charge in [-0.25, -0.2) is 0 Å². The van der Waals surface area contributed by atoms with Gasteiger partial charge in [0.25, 0.3) is 0 Å². The van der Waals surface area contributed by atoms with Crippen LogP contribution in [0.2, 0.25) is 0 Å². The molecule has 0 spiro atoms. The molecule has 5 heteroatoms. The van der Waals surface area contributed by atoms with Crippen molar-refractivity contribution in [3.05, 3.63) is 59.7 Å². The van der Waals surface area contributed by atoms with Crippen molar-refractivity contribution in [1.82, 2.24) is 4.90 Å². The summed E-state index contributed by atoms with van der Waals surface area (Å²) in [5, 5.41) is 9.38. The molecule has 0 saturated carbocycles. The molecule has 1 N–H and O–H groups in total. The van der Waals surface area contributed by atoms with E-state index in [0.29, 0.717) is 24.4 Å². The lowest BCUT2D eigenvalue weighted by molar-refractivity contribution is 0.0792. The lowest BCUT2D eigenvalue weighted by Crippen LogP contribution is -2.36. The van der Waals surface area contributed by atoms with Gasteiger partial charge in [-0.05, 0) is 48.5 Å². The average molecular weight is 343 g/mol. The zero-order chi connectivity index (χ0) is 18.2. The Labute approximate surface area is 148 Å². The third-order valence-corrected chi connectivity index (χ3v) is 4.21. The van der Waals surface area contributed by atoms with E-state index in [0.717, 1.165) is 11.3 Å². The molecule has 0 aromatic heterocycles. The summed E-state index contributed by atoms with van der Waals surface area (Å²) < 4.78 is 10.4. The van der Waals surface area contributed by atoms with Crippen LogP contribution in [0.5, 0.6) is 11.5 Å². The van der Waals surface area contributed by atoms with Crippen molar-refractivity contribution in [2.24, 2.45) is 0 Å². The first-order valence-corrected chi connectivity index (χ1v) is 8.31. The van der Waals surface area contributed by atoms with Crippen molar-refractivity contribution in [2.75, 3.05) is 33.9 Å². The van der Waals surface area contributed by atoms with E-state index in [9.17, 15) is 9.90 Å². The first-order valence-electron chi connectivity index (χ1n) is 8.31. The second-order valence-electron chi connectivity index (χ2n) is 5.62. The van der Waals surface area contributed by atoms with Gasteiger partial charge in [-0.2, -0.15) is 0 Å². The van der Waals surface area contributed by atoms with Gasteiger partial charge in [0.1, 0.15) is 11.5 Å². The van der Waals surface area contributed by atoms with E-state index >= 15 is 0 Å². The van der Waals surface area contributed by atoms with Gasteiger partial charge in [0.05, 0.1) is 26.9 Å². The highest BCUT2D eigenvalue weighted by Crippen LogP contribution is 2.27. The van der Waals surface area contributed by atoms with Gasteiger partial charge in [0.2, 0.25) is 0 Å². The van der Waals surface area contributed by atoms with Gasteiger partial charge < -0.3 is 14.6 Å². The zero-order valence-corrected chi connectivity index (χ0v) is 14.9. The predicted octanol–water partition coefficient (Wildman–Crippen LogP) is 2.94. The number of aliphatic hydroxyl groups is 1. The first kappa shape index (κ1) is 19.0. The number of carbonyl (C=O) groups is 1. The van der Waals surface area contributed by atoms with Crippen molar-refractivity contribution >= 4 is 5.78 Å². The average Bonchev–Trinajstić information content (AvgIpc) is 2.68. The maximum absolute atomic E-state index is 13.2. The standard InChI is InChI=1S/C20H25NO4/c1-4-21(13-14-22)19(15-5-9-17(24-2)10-6-15)20(23)16-7-11-18(25-3)12-8-16/h5-12,19,22H,4,13-14H2,1-3H3/t19-/m1/s1. The molecular weight excluding hydrogens is 318 g/mol. The van der Waals surface area contributed by atoms with Crippen molar-refractivity contribution in [3.8, 4) is 11.5 Å². The van der Waals surface area contributed by atoms with E-state index in [1.807, 2.05) is 36.1 Å². The lowest BCUT2D eigenvalue weighted by Gasteiger charge is -2.29. The lowest BCUT2D eigenvalue weighted by atomic mass is 9.95. The van der Waals surface area contributed by atoms with E-state index in [1.165, 1.54) is 0 Å². The highest BCUT2D eigenvalue weighted by atomic mass is 16.5. The summed E-state index contributed by atoms with van der Waals surface area (Å²) in [6, 6.07) is 14.1. The molecule has 0 bridgehead atoms. The van der Waals surface area contributed by atoms with Crippen LogP contribution in [0.4, 0.5) is 0 Å². The van der Waals surface area contributed by atoms with Crippen LogP contribution in [0.25, 0.3) is 0 Å². The molecule has 0 aliphatic rings. The highest BCUT2D eigenvalue weighted by molar-refractivity contribution is 6.00. The van der Waals surface area contributed by atoms with Crippen LogP contribution in [0.3, 0.4) is 0 Å². The van der Waals surface area contributed by atoms with Gasteiger partial charge in [-0.3, -0.25) is 9.69 Å². The molecule has 5 nitrogen and oxygen atoms in total. The molecule has 2 aromatic carbocycles. The van der Waals surface area contributed by atoms with Crippen LogP contribution in [0, 0.1) is 0 Å². The van der Waals surface area contributed by atoms with Crippen LogP contribution >= 0.6 is 0 Å². The number of carbonyl (C=O) groups excluding carboxylic acids is 1. The summed E-state index contributed by atoms with van der Waals surface area (Å²) in [5.41, 5.74) is 1.48. The van der Waals surface area contributed by atoms with E-state index in [-0.39, 0.29) is 12.4 Å². The van der Waals surface area contributed by atoms with E-state index < -0.39 is 6.04 Å². The normalized spacial score (nSPS) is 12.0. The third kappa shape index (κ3) is 4.59. The molecule has 0 amide bonds. The SMILES string of the molecule is CCN(CCO)[C@@H](C(=O)c1ccc(OC)cc1)c1ccc(OC)cc1. The second-order valence-corrected chi connectivity index (χ2v) is 5.62. The number of rotatable bonds is 9. The van der Waals surface area contributed by atoms with E-state index in [2.05, 4.69) is 0 Å². The van der Waals surface area contributed by atoms with Gasteiger partial charge in [-0.15, -0.1) is 0 Å². The molecule has 0 radical (unpaired) electrons. The van der Waals surface area contributed by atoms with Crippen LogP contribution in [-0.4, -0.2) is 49.7 Å². The number of nitrogens with zero attached hydrogens (tertiary/aromatic N) is 1. The fourth-order valence-electron chi connectivity index (χ4n) is 2.83. The van der Waals surface area contributed by atoms with Crippen LogP contribution in [0.1, 0.15) is 28.9 Å². The highest BCUT2D eigenvalue weighted by Gasteiger charge is 2.27. The molecule has 0 heterocycles. The van der Waals surface area contributed by atoms with Gasteiger partial charge >= 0.3 is 0 Å². The Morgan fingerprint density at radius 3 is 1.96 bits per heavy atom. The minimum Gasteiger partial charge on any atom is -0.497 e. The number of methoxy groups -OCH3 is 2. The number of hydrogen-bond donors (Lipinski definition) is 1. The maximum Gasteiger partial charge on any atom is 0.184 e. The number of hydrogen-bond acceptors (Lipinski definition) is 5. The molecular formula is C20H25NO4. The summed E-state index contributed by atoms with van der Waals surface area (Å²) in [5.74, 6) is 1.44. The number of ketones is 1. The monoisotopic (exact) mass is 343 g/mol. The molecule has 2 aromatic rings. The molecule has 25 heavy (non-hydrogen) atoms. The smallest absolute Gasteiger partial charge is 0.184 e. The van der Waals surface area contributed by atoms with Crippen molar-refractivity contribution in [3.63, 3.8) is 0 Å². The zero-order valence-electron chi connectivity index (χ0n) is 14.9. The number of ether oxygens (including phenoxy) is 2. The van der Waals surface area contributed by atoms with E-state index in [4.69, 9.17) is 9.47 Å².